The van der Waals surface area contributed by atoms with Crippen molar-refractivity contribution in [2.75, 3.05) is 32.7 Å². The van der Waals surface area contributed by atoms with Crippen LogP contribution < -0.4 is 5.32 Å². The van der Waals surface area contributed by atoms with Gasteiger partial charge < -0.3 is 19.9 Å². The summed E-state index contributed by atoms with van der Waals surface area (Å²) in [6.07, 6.45) is 3.57. The summed E-state index contributed by atoms with van der Waals surface area (Å²) in [5, 5.41) is 2.51. The van der Waals surface area contributed by atoms with Gasteiger partial charge >= 0.3 is 6.09 Å². The largest absolute Gasteiger partial charge is 0.444 e. The predicted molar refractivity (Wildman–Crippen MR) is 97.9 cm³/mol. The third kappa shape index (κ3) is 6.87. The molecule has 1 fully saturated rings. The van der Waals surface area contributed by atoms with Crippen molar-refractivity contribution in [2.45, 2.75) is 26.4 Å². The molecule has 136 valence electrons. The topological polar surface area (TPSA) is 61.9 Å². The fourth-order valence-electron chi connectivity index (χ4n) is 2.45. The normalized spacial score (nSPS) is 15.3. The van der Waals surface area contributed by atoms with Crippen LogP contribution in [0.4, 0.5) is 4.79 Å². The van der Waals surface area contributed by atoms with Crippen molar-refractivity contribution in [3.63, 3.8) is 0 Å². The second-order valence-electron chi connectivity index (χ2n) is 7.00. The van der Waals surface area contributed by atoms with Gasteiger partial charge in [0, 0.05) is 26.2 Å². The van der Waals surface area contributed by atoms with Gasteiger partial charge in [-0.25, -0.2) is 4.79 Å². The maximum absolute atomic E-state index is 12.2. The van der Waals surface area contributed by atoms with Crippen LogP contribution in [0, 0.1) is 0 Å². The second-order valence-corrected chi connectivity index (χ2v) is 7.00. The number of carbonyl (C=O) groups is 2. The zero-order valence-corrected chi connectivity index (χ0v) is 15.2. The Kier molecular flexibility index (Phi) is 6.44. The second kappa shape index (κ2) is 8.55. The molecule has 1 N–H and O–H groups in total. The maximum Gasteiger partial charge on any atom is 0.408 e. The molecule has 0 aliphatic carbocycles. The number of piperazine rings is 1. The van der Waals surface area contributed by atoms with Gasteiger partial charge in [0.1, 0.15) is 12.1 Å². The zero-order chi connectivity index (χ0) is 18.3. The molecular formula is C19H27N3O3. The highest BCUT2D eigenvalue weighted by Gasteiger charge is 2.21. The lowest BCUT2D eigenvalue weighted by molar-refractivity contribution is -0.131. The number of hydrogen-bond donors (Lipinski definition) is 1. The molecule has 2 rings (SSSR count). The van der Waals surface area contributed by atoms with Crippen LogP contribution in [0.3, 0.4) is 0 Å². The van der Waals surface area contributed by atoms with E-state index in [1.807, 2.05) is 18.2 Å². The van der Waals surface area contributed by atoms with Gasteiger partial charge in [0.05, 0.1) is 0 Å². The van der Waals surface area contributed by atoms with E-state index in [1.165, 1.54) is 0 Å². The van der Waals surface area contributed by atoms with Gasteiger partial charge in [-0.15, -0.1) is 0 Å². The Labute approximate surface area is 149 Å². The first-order chi connectivity index (χ1) is 11.8. The van der Waals surface area contributed by atoms with Crippen LogP contribution in [0.15, 0.2) is 36.5 Å². The fourth-order valence-corrected chi connectivity index (χ4v) is 2.45. The summed E-state index contributed by atoms with van der Waals surface area (Å²) in [7, 11) is 0. The Morgan fingerprint density at radius 3 is 2.36 bits per heavy atom. The molecule has 25 heavy (non-hydrogen) atoms. The first-order valence-electron chi connectivity index (χ1n) is 8.55. The van der Waals surface area contributed by atoms with Crippen LogP contribution in [0.25, 0.3) is 6.08 Å². The molecule has 1 aliphatic heterocycles. The number of carbonyl (C=O) groups excluding carboxylic acids is 2. The predicted octanol–water partition coefficient (Wildman–Crippen LogP) is 2.33. The minimum atomic E-state index is -0.566. The van der Waals surface area contributed by atoms with E-state index in [1.54, 1.807) is 25.7 Å². The van der Waals surface area contributed by atoms with E-state index in [0.717, 1.165) is 18.7 Å². The molecule has 1 aromatic carbocycles. The summed E-state index contributed by atoms with van der Waals surface area (Å²) in [6, 6.07) is 10.1. The van der Waals surface area contributed by atoms with E-state index >= 15 is 0 Å². The molecule has 1 saturated heterocycles. The van der Waals surface area contributed by atoms with Crippen LogP contribution in [-0.2, 0) is 9.53 Å². The number of alkyl carbamates (subject to hydrolysis) is 1. The quantitative estimate of drug-likeness (QED) is 0.910. The standard InChI is InChI=1S/C19H27N3O3/c1-19(2,3)25-18(24)20-15-17(23)22-13-11-21(12-14-22)10-9-16-7-5-4-6-8-16/h4-10H,11-15H2,1-3H3,(H,20,24). The maximum atomic E-state index is 12.2. The SMILES string of the molecule is CC(C)(C)OC(=O)NCC(=O)N1CCN(C=Cc2ccccc2)CC1. The Bertz CT molecular complexity index is 600. The first kappa shape index (κ1) is 18.8. The van der Waals surface area contributed by atoms with E-state index in [9.17, 15) is 9.59 Å². The minimum absolute atomic E-state index is 0.0330. The van der Waals surface area contributed by atoms with Gasteiger partial charge in [0.15, 0.2) is 0 Å². The molecule has 1 heterocycles. The third-order valence-corrected chi connectivity index (χ3v) is 3.73. The van der Waals surface area contributed by atoms with E-state index in [0.29, 0.717) is 13.1 Å². The molecule has 6 nitrogen and oxygen atoms in total. The Morgan fingerprint density at radius 1 is 1.12 bits per heavy atom. The fraction of sp³-hybridized carbons (Fsp3) is 0.474. The van der Waals surface area contributed by atoms with Gasteiger partial charge in [0.2, 0.25) is 5.91 Å². The summed E-state index contributed by atoms with van der Waals surface area (Å²) in [5.74, 6) is -0.0856. The molecule has 6 heteroatoms. The van der Waals surface area contributed by atoms with E-state index in [-0.39, 0.29) is 12.5 Å². The van der Waals surface area contributed by atoms with Crippen molar-refractivity contribution >= 4 is 18.1 Å². The third-order valence-electron chi connectivity index (χ3n) is 3.73. The Morgan fingerprint density at radius 2 is 1.76 bits per heavy atom. The van der Waals surface area contributed by atoms with E-state index in [4.69, 9.17) is 4.74 Å². The van der Waals surface area contributed by atoms with Gasteiger partial charge in [-0.3, -0.25) is 4.79 Å². The monoisotopic (exact) mass is 345 g/mol. The number of hydrogen-bond acceptors (Lipinski definition) is 4. The molecule has 1 aliphatic rings. The van der Waals surface area contributed by atoms with E-state index < -0.39 is 11.7 Å². The summed E-state index contributed by atoms with van der Waals surface area (Å²) in [6.45, 7) is 8.18. The number of rotatable bonds is 4. The van der Waals surface area contributed by atoms with Crippen molar-refractivity contribution in [2.24, 2.45) is 0 Å². The van der Waals surface area contributed by atoms with Crippen molar-refractivity contribution in [1.82, 2.24) is 15.1 Å². The van der Waals surface area contributed by atoms with Crippen LogP contribution in [0.2, 0.25) is 0 Å². The summed E-state index contributed by atoms with van der Waals surface area (Å²) in [5.41, 5.74) is 0.590. The minimum Gasteiger partial charge on any atom is -0.444 e. The lowest BCUT2D eigenvalue weighted by Gasteiger charge is -2.34. The van der Waals surface area contributed by atoms with Crippen LogP contribution >= 0.6 is 0 Å². The highest BCUT2D eigenvalue weighted by molar-refractivity contribution is 5.82. The van der Waals surface area contributed by atoms with Crippen molar-refractivity contribution in [3.05, 3.63) is 42.1 Å². The van der Waals surface area contributed by atoms with Gasteiger partial charge in [0.25, 0.3) is 0 Å². The Hall–Kier alpha value is -2.50. The number of amides is 2. The molecule has 0 saturated carbocycles. The number of nitrogens with one attached hydrogen (secondary N) is 1. The van der Waals surface area contributed by atoms with Crippen molar-refractivity contribution in [1.29, 1.82) is 0 Å². The van der Waals surface area contributed by atoms with Crippen LogP contribution in [0.5, 0.6) is 0 Å². The van der Waals surface area contributed by atoms with Crippen molar-refractivity contribution < 1.29 is 14.3 Å². The number of nitrogens with zero attached hydrogens (tertiary/aromatic N) is 2. The first-order valence-corrected chi connectivity index (χ1v) is 8.55. The lowest BCUT2D eigenvalue weighted by Crippen LogP contribution is -2.50. The molecule has 0 atom stereocenters. The average molecular weight is 345 g/mol. The molecule has 1 aromatic rings. The molecular weight excluding hydrogens is 318 g/mol. The van der Waals surface area contributed by atoms with Gasteiger partial charge in [-0.2, -0.15) is 0 Å². The molecule has 0 unspecified atom stereocenters. The Balaban J connectivity index is 1.71. The highest BCUT2D eigenvalue weighted by atomic mass is 16.6. The van der Waals surface area contributed by atoms with Gasteiger partial charge in [-0.1, -0.05) is 30.3 Å². The number of benzene rings is 1. The van der Waals surface area contributed by atoms with Crippen LogP contribution in [0.1, 0.15) is 26.3 Å². The molecule has 0 spiro atoms. The summed E-state index contributed by atoms with van der Waals surface area (Å²) < 4.78 is 5.13. The lowest BCUT2D eigenvalue weighted by atomic mass is 10.2. The summed E-state index contributed by atoms with van der Waals surface area (Å²) in [4.78, 5) is 27.7. The molecule has 0 bridgehead atoms. The zero-order valence-electron chi connectivity index (χ0n) is 15.2. The summed E-state index contributed by atoms with van der Waals surface area (Å²) >= 11 is 0. The average Bonchev–Trinajstić information content (AvgIpc) is 2.58. The van der Waals surface area contributed by atoms with Gasteiger partial charge in [-0.05, 0) is 38.6 Å². The highest BCUT2D eigenvalue weighted by Crippen LogP contribution is 2.08. The smallest absolute Gasteiger partial charge is 0.408 e. The molecule has 2 amide bonds. The molecule has 0 aromatic heterocycles. The number of ether oxygens (including phenoxy) is 1. The van der Waals surface area contributed by atoms with Crippen molar-refractivity contribution in [3.8, 4) is 0 Å². The molecule has 0 radical (unpaired) electrons. The van der Waals surface area contributed by atoms with Crippen LogP contribution in [-0.4, -0.2) is 60.1 Å². The van der Waals surface area contributed by atoms with E-state index in [2.05, 4.69) is 34.6 Å².